The highest BCUT2D eigenvalue weighted by atomic mass is 16.3. The summed E-state index contributed by atoms with van der Waals surface area (Å²) in [5.74, 6) is 1.86. The lowest BCUT2D eigenvalue weighted by molar-refractivity contribution is 0.196. The van der Waals surface area contributed by atoms with Crippen LogP contribution in [0.25, 0.3) is 11.0 Å². The molecule has 1 saturated heterocycles. The Hall–Kier alpha value is -2.86. The number of furan rings is 1. The van der Waals surface area contributed by atoms with Crippen LogP contribution in [0.15, 0.2) is 64.1 Å². The molecule has 1 fully saturated rings. The van der Waals surface area contributed by atoms with E-state index in [9.17, 15) is 0 Å². The van der Waals surface area contributed by atoms with E-state index in [4.69, 9.17) is 4.42 Å². The minimum Gasteiger partial charge on any atom is -0.461 e. The van der Waals surface area contributed by atoms with Gasteiger partial charge in [0, 0.05) is 57.3 Å². The Kier molecular flexibility index (Phi) is 6.42. The SMILES string of the molecule is CN=C(NCCc1cc2ccccc2o1)NC1CCN(Cc2ccccn2)CC1. The first kappa shape index (κ1) is 19.5. The molecule has 0 radical (unpaired) electrons. The van der Waals surface area contributed by atoms with Gasteiger partial charge in [-0.3, -0.25) is 14.9 Å². The molecule has 0 saturated carbocycles. The summed E-state index contributed by atoms with van der Waals surface area (Å²) in [4.78, 5) is 11.3. The van der Waals surface area contributed by atoms with Gasteiger partial charge in [0.15, 0.2) is 5.96 Å². The Morgan fingerprint density at radius 1 is 1.17 bits per heavy atom. The van der Waals surface area contributed by atoms with E-state index in [0.717, 1.165) is 73.8 Å². The van der Waals surface area contributed by atoms with Gasteiger partial charge in [-0.05, 0) is 37.1 Å². The van der Waals surface area contributed by atoms with Crippen LogP contribution in [0.2, 0.25) is 0 Å². The summed E-state index contributed by atoms with van der Waals surface area (Å²) in [5.41, 5.74) is 2.09. The van der Waals surface area contributed by atoms with Crippen LogP contribution in [0.4, 0.5) is 0 Å². The monoisotopic (exact) mass is 391 g/mol. The largest absolute Gasteiger partial charge is 0.461 e. The molecular formula is C23H29N5O. The van der Waals surface area contributed by atoms with Crippen LogP contribution in [-0.2, 0) is 13.0 Å². The fourth-order valence-electron chi connectivity index (χ4n) is 3.81. The van der Waals surface area contributed by atoms with Gasteiger partial charge in [-0.25, -0.2) is 0 Å². The Morgan fingerprint density at radius 3 is 2.76 bits per heavy atom. The van der Waals surface area contributed by atoms with E-state index in [2.05, 4.69) is 49.8 Å². The molecular weight excluding hydrogens is 362 g/mol. The van der Waals surface area contributed by atoms with E-state index in [0.29, 0.717) is 6.04 Å². The maximum absolute atomic E-state index is 5.88. The average Bonchev–Trinajstić information content (AvgIpc) is 3.18. The van der Waals surface area contributed by atoms with Crippen molar-refractivity contribution in [2.75, 3.05) is 26.7 Å². The van der Waals surface area contributed by atoms with E-state index in [1.807, 2.05) is 37.5 Å². The molecule has 3 heterocycles. The number of aromatic nitrogens is 1. The Labute approximate surface area is 172 Å². The quantitative estimate of drug-likeness (QED) is 0.499. The number of rotatable bonds is 6. The van der Waals surface area contributed by atoms with Gasteiger partial charge in [0.1, 0.15) is 11.3 Å². The average molecular weight is 392 g/mol. The van der Waals surface area contributed by atoms with Crippen LogP contribution in [0.3, 0.4) is 0 Å². The number of piperidine rings is 1. The van der Waals surface area contributed by atoms with Gasteiger partial charge in [-0.15, -0.1) is 0 Å². The smallest absolute Gasteiger partial charge is 0.191 e. The number of hydrogen-bond donors (Lipinski definition) is 2. The third-order valence-corrected chi connectivity index (χ3v) is 5.40. The summed E-state index contributed by atoms with van der Waals surface area (Å²) in [6, 6.07) is 16.8. The van der Waals surface area contributed by atoms with Crippen LogP contribution in [-0.4, -0.2) is 48.6 Å². The van der Waals surface area contributed by atoms with Crippen molar-refractivity contribution in [1.29, 1.82) is 0 Å². The molecule has 1 aliphatic rings. The van der Waals surface area contributed by atoms with Crippen molar-refractivity contribution in [1.82, 2.24) is 20.5 Å². The molecule has 1 aromatic carbocycles. The van der Waals surface area contributed by atoms with Crippen molar-refractivity contribution in [3.8, 4) is 0 Å². The number of hydrogen-bond acceptors (Lipinski definition) is 4. The molecule has 0 atom stereocenters. The molecule has 6 heteroatoms. The molecule has 1 aliphatic heterocycles. The van der Waals surface area contributed by atoms with Crippen molar-refractivity contribution in [3.63, 3.8) is 0 Å². The van der Waals surface area contributed by atoms with Crippen LogP contribution in [0.5, 0.6) is 0 Å². The number of pyridine rings is 1. The van der Waals surface area contributed by atoms with Crippen molar-refractivity contribution in [3.05, 3.63) is 66.2 Å². The Balaban J connectivity index is 1.19. The number of nitrogens with zero attached hydrogens (tertiary/aromatic N) is 3. The highest BCUT2D eigenvalue weighted by molar-refractivity contribution is 5.80. The first-order valence-electron chi connectivity index (χ1n) is 10.4. The van der Waals surface area contributed by atoms with E-state index < -0.39 is 0 Å². The summed E-state index contributed by atoms with van der Waals surface area (Å²) in [5, 5.41) is 8.14. The van der Waals surface area contributed by atoms with Gasteiger partial charge in [0.25, 0.3) is 0 Å². The zero-order valence-electron chi connectivity index (χ0n) is 17.0. The lowest BCUT2D eigenvalue weighted by Gasteiger charge is -2.32. The van der Waals surface area contributed by atoms with Crippen molar-refractivity contribution in [2.45, 2.75) is 31.8 Å². The fourth-order valence-corrected chi connectivity index (χ4v) is 3.81. The van der Waals surface area contributed by atoms with Crippen molar-refractivity contribution >= 4 is 16.9 Å². The molecule has 0 unspecified atom stereocenters. The summed E-state index contributed by atoms with van der Waals surface area (Å²) in [7, 11) is 1.83. The molecule has 0 aliphatic carbocycles. The second kappa shape index (κ2) is 9.56. The lowest BCUT2D eigenvalue weighted by Crippen LogP contribution is -2.48. The molecule has 3 aromatic rings. The summed E-state index contributed by atoms with van der Waals surface area (Å²) in [6.07, 6.45) is 4.91. The predicted octanol–water partition coefficient (Wildman–Crippen LogP) is 3.20. The zero-order chi connectivity index (χ0) is 19.9. The maximum atomic E-state index is 5.88. The Morgan fingerprint density at radius 2 is 2.00 bits per heavy atom. The van der Waals surface area contributed by atoms with Crippen molar-refractivity contribution in [2.24, 2.45) is 4.99 Å². The number of likely N-dealkylation sites (tertiary alicyclic amines) is 1. The van der Waals surface area contributed by atoms with Crippen LogP contribution in [0.1, 0.15) is 24.3 Å². The number of nitrogens with one attached hydrogen (secondary N) is 2. The second-order valence-electron chi connectivity index (χ2n) is 7.52. The molecule has 0 amide bonds. The molecule has 4 rings (SSSR count). The maximum Gasteiger partial charge on any atom is 0.191 e. The van der Waals surface area contributed by atoms with Gasteiger partial charge >= 0.3 is 0 Å². The summed E-state index contributed by atoms with van der Waals surface area (Å²) < 4.78 is 5.88. The van der Waals surface area contributed by atoms with Crippen LogP contribution >= 0.6 is 0 Å². The van der Waals surface area contributed by atoms with Gasteiger partial charge < -0.3 is 15.1 Å². The van der Waals surface area contributed by atoms with Crippen LogP contribution < -0.4 is 10.6 Å². The van der Waals surface area contributed by atoms with Gasteiger partial charge in [-0.2, -0.15) is 0 Å². The minimum atomic E-state index is 0.451. The number of benzene rings is 1. The third-order valence-electron chi connectivity index (χ3n) is 5.40. The minimum absolute atomic E-state index is 0.451. The highest BCUT2D eigenvalue weighted by Gasteiger charge is 2.20. The first-order chi connectivity index (χ1) is 14.3. The number of guanidine groups is 1. The molecule has 2 N–H and O–H groups in total. The van der Waals surface area contributed by atoms with E-state index >= 15 is 0 Å². The molecule has 0 spiro atoms. The fraction of sp³-hybridized carbons (Fsp3) is 0.391. The van der Waals surface area contributed by atoms with Crippen molar-refractivity contribution < 1.29 is 4.42 Å². The number of aliphatic imine (C=N–C) groups is 1. The normalized spacial score (nSPS) is 16.2. The predicted molar refractivity (Wildman–Crippen MR) is 117 cm³/mol. The van der Waals surface area contributed by atoms with Gasteiger partial charge in [0.2, 0.25) is 0 Å². The lowest BCUT2D eigenvalue weighted by atomic mass is 10.0. The molecule has 29 heavy (non-hydrogen) atoms. The zero-order valence-corrected chi connectivity index (χ0v) is 17.0. The van der Waals surface area contributed by atoms with E-state index in [1.165, 1.54) is 0 Å². The molecule has 6 nitrogen and oxygen atoms in total. The molecule has 0 bridgehead atoms. The molecule has 152 valence electrons. The Bertz CT molecular complexity index is 896. The van der Waals surface area contributed by atoms with E-state index in [1.54, 1.807) is 0 Å². The third kappa shape index (κ3) is 5.35. The summed E-state index contributed by atoms with van der Waals surface area (Å²) >= 11 is 0. The van der Waals surface area contributed by atoms with Crippen LogP contribution in [0, 0.1) is 0 Å². The first-order valence-corrected chi connectivity index (χ1v) is 10.4. The number of para-hydroxylation sites is 1. The van der Waals surface area contributed by atoms with Gasteiger partial charge in [0.05, 0.1) is 5.69 Å². The second-order valence-corrected chi connectivity index (χ2v) is 7.52. The number of fused-ring (bicyclic) bond motifs is 1. The van der Waals surface area contributed by atoms with E-state index in [-0.39, 0.29) is 0 Å². The summed E-state index contributed by atoms with van der Waals surface area (Å²) in [6.45, 7) is 3.87. The highest BCUT2D eigenvalue weighted by Crippen LogP contribution is 2.18. The topological polar surface area (TPSA) is 65.7 Å². The van der Waals surface area contributed by atoms with Gasteiger partial charge in [-0.1, -0.05) is 24.3 Å². The standard InChI is InChI=1S/C23H29N5O/c1-24-23(26-13-9-21-16-18-6-2-3-8-22(18)29-21)27-19-10-14-28(15-11-19)17-20-7-4-5-12-25-20/h2-8,12,16,19H,9-11,13-15,17H2,1H3,(H2,24,26,27). The molecule has 2 aromatic heterocycles.